The van der Waals surface area contributed by atoms with Crippen molar-refractivity contribution < 1.29 is 18.4 Å². The summed E-state index contributed by atoms with van der Waals surface area (Å²) >= 11 is 0. The Hall–Kier alpha value is -3.61. The zero-order chi connectivity index (χ0) is 19.4. The molecule has 0 fully saturated rings. The van der Waals surface area contributed by atoms with Gasteiger partial charge >= 0.3 is 0 Å². The highest BCUT2D eigenvalue weighted by atomic mass is 19.1. The Kier molecular flexibility index (Phi) is 5.21. The van der Waals surface area contributed by atoms with Crippen molar-refractivity contribution >= 4 is 23.2 Å². The number of pyridine rings is 1. The Labute approximate surface area is 154 Å². The molecule has 1 aromatic heterocycles. The number of para-hydroxylation sites is 1. The minimum atomic E-state index is -0.894. The van der Waals surface area contributed by atoms with Gasteiger partial charge in [-0.05, 0) is 42.8 Å². The van der Waals surface area contributed by atoms with E-state index in [9.17, 15) is 18.4 Å². The van der Waals surface area contributed by atoms with Gasteiger partial charge in [-0.1, -0.05) is 18.2 Å². The van der Waals surface area contributed by atoms with Crippen molar-refractivity contribution in [2.75, 3.05) is 10.6 Å². The molecule has 27 heavy (non-hydrogen) atoms. The van der Waals surface area contributed by atoms with Crippen molar-refractivity contribution in [2.24, 2.45) is 0 Å². The smallest absolute Gasteiger partial charge is 0.274 e. The van der Waals surface area contributed by atoms with Crippen LogP contribution in [0.2, 0.25) is 0 Å². The molecule has 0 saturated heterocycles. The Morgan fingerprint density at radius 3 is 2.37 bits per heavy atom. The molecular formula is C20H15F2N3O2. The van der Waals surface area contributed by atoms with Crippen LogP contribution in [0.3, 0.4) is 0 Å². The third kappa shape index (κ3) is 4.33. The van der Waals surface area contributed by atoms with E-state index >= 15 is 0 Å². The van der Waals surface area contributed by atoms with Crippen LogP contribution in [0, 0.1) is 18.6 Å². The van der Waals surface area contributed by atoms with Crippen molar-refractivity contribution in [3.8, 4) is 0 Å². The Morgan fingerprint density at radius 2 is 1.63 bits per heavy atom. The predicted molar refractivity (Wildman–Crippen MR) is 97.7 cm³/mol. The molecule has 0 unspecified atom stereocenters. The van der Waals surface area contributed by atoms with Crippen LogP contribution in [0.4, 0.5) is 20.2 Å². The van der Waals surface area contributed by atoms with E-state index in [1.165, 1.54) is 18.3 Å². The summed E-state index contributed by atoms with van der Waals surface area (Å²) in [6.45, 7) is 1.85. The van der Waals surface area contributed by atoms with E-state index in [0.717, 1.165) is 17.7 Å². The number of nitrogens with zero attached hydrogens (tertiary/aromatic N) is 1. The number of aromatic nitrogens is 1. The molecule has 3 aromatic rings. The van der Waals surface area contributed by atoms with Crippen molar-refractivity contribution in [3.05, 3.63) is 89.2 Å². The van der Waals surface area contributed by atoms with Gasteiger partial charge in [-0.2, -0.15) is 0 Å². The Balaban J connectivity index is 1.77. The van der Waals surface area contributed by atoms with E-state index in [4.69, 9.17) is 0 Å². The van der Waals surface area contributed by atoms with Crippen molar-refractivity contribution in [3.63, 3.8) is 0 Å². The second-order valence-corrected chi connectivity index (χ2v) is 5.78. The minimum absolute atomic E-state index is 0.0329. The summed E-state index contributed by atoms with van der Waals surface area (Å²) in [6, 6.07) is 12.8. The molecule has 0 spiro atoms. The number of carbonyl (C=O) groups is 2. The van der Waals surface area contributed by atoms with Gasteiger partial charge in [-0.15, -0.1) is 0 Å². The molecule has 7 heteroatoms. The molecule has 0 bridgehead atoms. The summed E-state index contributed by atoms with van der Waals surface area (Å²) in [5, 5.41) is 5.06. The monoisotopic (exact) mass is 367 g/mol. The number of hydrogen-bond acceptors (Lipinski definition) is 3. The molecule has 3 rings (SSSR count). The normalized spacial score (nSPS) is 10.3. The van der Waals surface area contributed by atoms with Crippen LogP contribution in [0.25, 0.3) is 0 Å². The third-order valence-electron chi connectivity index (χ3n) is 3.83. The second kappa shape index (κ2) is 7.74. The van der Waals surface area contributed by atoms with Crippen LogP contribution in [-0.2, 0) is 0 Å². The van der Waals surface area contributed by atoms with Crippen molar-refractivity contribution in [1.82, 2.24) is 4.98 Å². The zero-order valence-corrected chi connectivity index (χ0v) is 14.3. The summed E-state index contributed by atoms with van der Waals surface area (Å²) in [5.74, 6) is -2.76. The van der Waals surface area contributed by atoms with Crippen molar-refractivity contribution in [2.45, 2.75) is 6.92 Å². The molecule has 1 heterocycles. The molecule has 136 valence electrons. The number of anilines is 2. The highest BCUT2D eigenvalue weighted by molar-refractivity contribution is 6.08. The summed E-state index contributed by atoms with van der Waals surface area (Å²) in [6.07, 6.45) is 1.31. The molecule has 5 nitrogen and oxygen atoms in total. The quantitative estimate of drug-likeness (QED) is 0.727. The number of carbonyl (C=O) groups excluding carboxylic acids is 2. The first kappa shape index (κ1) is 18.2. The lowest BCUT2D eigenvalue weighted by molar-refractivity contribution is 0.102. The zero-order valence-electron chi connectivity index (χ0n) is 14.3. The number of benzene rings is 2. The van der Waals surface area contributed by atoms with Gasteiger partial charge in [0, 0.05) is 23.5 Å². The summed E-state index contributed by atoms with van der Waals surface area (Å²) < 4.78 is 26.6. The largest absolute Gasteiger partial charge is 0.320 e. The summed E-state index contributed by atoms with van der Waals surface area (Å²) in [5.41, 5.74) is 1.50. The summed E-state index contributed by atoms with van der Waals surface area (Å²) in [4.78, 5) is 28.7. The molecule has 0 aliphatic heterocycles. The van der Waals surface area contributed by atoms with E-state index in [1.807, 2.05) is 19.1 Å². The van der Waals surface area contributed by atoms with Gasteiger partial charge in [-0.3, -0.25) is 14.6 Å². The molecule has 0 saturated carbocycles. The van der Waals surface area contributed by atoms with Crippen LogP contribution < -0.4 is 10.6 Å². The number of rotatable bonds is 4. The molecule has 0 aliphatic carbocycles. The molecule has 0 aliphatic rings. The van der Waals surface area contributed by atoms with Gasteiger partial charge in [0.15, 0.2) is 0 Å². The lowest BCUT2D eigenvalue weighted by Crippen LogP contribution is -2.17. The average Bonchev–Trinajstić information content (AvgIpc) is 2.66. The number of halogens is 2. The van der Waals surface area contributed by atoms with Crippen LogP contribution in [0.5, 0.6) is 0 Å². The fourth-order valence-electron chi connectivity index (χ4n) is 2.38. The molecule has 2 aromatic carbocycles. The summed E-state index contributed by atoms with van der Waals surface area (Å²) in [7, 11) is 0. The third-order valence-corrected chi connectivity index (χ3v) is 3.83. The van der Waals surface area contributed by atoms with Gasteiger partial charge < -0.3 is 10.6 Å². The maximum Gasteiger partial charge on any atom is 0.274 e. The Morgan fingerprint density at radius 1 is 0.889 bits per heavy atom. The van der Waals surface area contributed by atoms with E-state index in [2.05, 4.69) is 15.6 Å². The standard InChI is InChI=1S/C20H15F2N3O2/c1-12-4-2-3-5-16(12)24-20(27)18-10-13(8-9-23-18)19(26)25-17-7-6-14(21)11-15(17)22/h2-11H,1H3,(H,24,27)(H,25,26). The van der Waals surface area contributed by atoms with Gasteiger partial charge in [-0.25, -0.2) is 8.78 Å². The van der Waals surface area contributed by atoms with E-state index in [-0.39, 0.29) is 16.9 Å². The van der Waals surface area contributed by atoms with Crippen LogP contribution >= 0.6 is 0 Å². The first-order valence-corrected chi connectivity index (χ1v) is 8.03. The highest BCUT2D eigenvalue weighted by Gasteiger charge is 2.14. The van der Waals surface area contributed by atoms with Gasteiger partial charge in [0.1, 0.15) is 17.3 Å². The van der Waals surface area contributed by atoms with E-state index in [0.29, 0.717) is 11.8 Å². The molecule has 0 radical (unpaired) electrons. The number of aryl methyl sites for hydroxylation is 1. The van der Waals surface area contributed by atoms with Crippen molar-refractivity contribution in [1.29, 1.82) is 0 Å². The Bertz CT molecular complexity index is 1020. The fourth-order valence-corrected chi connectivity index (χ4v) is 2.38. The number of amides is 2. The SMILES string of the molecule is Cc1ccccc1NC(=O)c1cc(C(=O)Nc2ccc(F)cc2F)ccn1. The maximum absolute atomic E-state index is 13.7. The molecule has 2 amide bonds. The van der Waals surface area contributed by atoms with Gasteiger partial charge in [0.05, 0.1) is 5.69 Å². The average molecular weight is 367 g/mol. The first-order chi connectivity index (χ1) is 12.9. The van der Waals surface area contributed by atoms with E-state index in [1.54, 1.807) is 12.1 Å². The van der Waals surface area contributed by atoms with Crippen LogP contribution in [0.15, 0.2) is 60.8 Å². The first-order valence-electron chi connectivity index (χ1n) is 8.03. The lowest BCUT2D eigenvalue weighted by Gasteiger charge is -2.09. The van der Waals surface area contributed by atoms with E-state index < -0.39 is 23.4 Å². The lowest BCUT2D eigenvalue weighted by atomic mass is 10.1. The molecule has 0 atom stereocenters. The molecular weight excluding hydrogens is 352 g/mol. The predicted octanol–water partition coefficient (Wildman–Crippen LogP) is 4.17. The van der Waals surface area contributed by atoms with Crippen LogP contribution in [0.1, 0.15) is 26.4 Å². The van der Waals surface area contributed by atoms with Gasteiger partial charge in [0.25, 0.3) is 11.8 Å². The number of nitrogens with one attached hydrogen (secondary N) is 2. The topological polar surface area (TPSA) is 71.1 Å². The fraction of sp³-hybridized carbons (Fsp3) is 0.0500. The minimum Gasteiger partial charge on any atom is -0.320 e. The second-order valence-electron chi connectivity index (χ2n) is 5.78. The maximum atomic E-state index is 13.7. The highest BCUT2D eigenvalue weighted by Crippen LogP contribution is 2.17. The number of hydrogen-bond donors (Lipinski definition) is 2. The van der Waals surface area contributed by atoms with Crippen LogP contribution in [-0.4, -0.2) is 16.8 Å². The molecule has 2 N–H and O–H groups in total. The van der Waals surface area contributed by atoms with Gasteiger partial charge in [0.2, 0.25) is 0 Å².